The smallest absolute Gasteiger partial charge is 0.303 e. The maximum atomic E-state index is 13.5. The van der Waals surface area contributed by atoms with Crippen molar-refractivity contribution < 1.29 is 38.1 Å². The predicted octanol–water partition coefficient (Wildman–Crippen LogP) is 5.08. The van der Waals surface area contributed by atoms with Crippen LogP contribution in [0.3, 0.4) is 0 Å². The highest BCUT2D eigenvalue weighted by atomic mass is 35.5. The minimum atomic E-state index is -1.62. The van der Waals surface area contributed by atoms with Crippen LogP contribution in [0.2, 0.25) is 5.02 Å². The Morgan fingerprint density at radius 3 is 2.29 bits per heavy atom. The summed E-state index contributed by atoms with van der Waals surface area (Å²) in [4.78, 5) is 37.9. The van der Waals surface area contributed by atoms with Gasteiger partial charge in [0.15, 0.2) is 11.9 Å². The lowest BCUT2D eigenvalue weighted by Crippen LogP contribution is -2.64. The second-order valence-corrected chi connectivity index (χ2v) is 10.4. The summed E-state index contributed by atoms with van der Waals surface area (Å²) in [6.07, 6.45) is -1.97. The highest BCUT2D eigenvalue weighted by Gasteiger charge is 2.69. The van der Waals surface area contributed by atoms with Gasteiger partial charge < -0.3 is 23.7 Å². The highest BCUT2D eigenvalue weighted by Crippen LogP contribution is 2.56. The van der Waals surface area contributed by atoms with Crippen molar-refractivity contribution in [2.45, 2.75) is 65.1 Å². The lowest BCUT2D eigenvalue weighted by Gasteiger charge is -2.51. The molecule has 5 atom stereocenters. The third-order valence-corrected chi connectivity index (χ3v) is 7.73. The van der Waals surface area contributed by atoms with Gasteiger partial charge in [0, 0.05) is 36.5 Å². The van der Waals surface area contributed by atoms with Crippen LogP contribution < -0.4 is 4.74 Å². The third kappa shape index (κ3) is 4.81. The molecule has 2 saturated heterocycles. The lowest BCUT2D eigenvalue weighted by atomic mass is 9.72. The number of hydrogen-bond acceptors (Lipinski definition) is 8. The first-order chi connectivity index (χ1) is 17.9. The fourth-order valence-electron chi connectivity index (χ4n) is 5.42. The van der Waals surface area contributed by atoms with Crippen molar-refractivity contribution in [1.82, 2.24) is 0 Å². The molecular formula is C29H33ClO8. The van der Waals surface area contributed by atoms with Gasteiger partial charge in [-0.05, 0) is 49.2 Å². The molecule has 2 aliphatic rings. The average molecular weight is 545 g/mol. The predicted molar refractivity (Wildman–Crippen MR) is 139 cm³/mol. The molecule has 9 heteroatoms. The Hall–Kier alpha value is -2.94. The van der Waals surface area contributed by atoms with Crippen molar-refractivity contribution in [2.24, 2.45) is 11.8 Å². The molecule has 0 amide bonds. The van der Waals surface area contributed by atoms with Crippen LogP contribution >= 0.6 is 11.6 Å². The van der Waals surface area contributed by atoms with E-state index in [1.165, 1.54) is 13.8 Å². The summed E-state index contributed by atoms with van der Waals surface area (Å²) in [5.74, 6) is -2.78. The monoisotopic (exact) mass is 544 g/mol. The molecule has 2 heterocycles. The van der Waals surface area contributed by atoms with Crippen LogP contribution in [0, 0.1) is 11.8 Å². The number of esters is 2. The summed E-state index contributed by atoms with van der Waals surface area (Å²) in [7, 11) is 0. The first-order valence-electron chi connectivity index (χ1n) is 12.7. The molecule has 2 fully saturated rings. The number of ketones is 1. The Labute approximate surface area is 227 Å². The van der Waals surface area contributed by atoms with E-state index >= 15 is 0 Å². The van der Waals surface area contributed by atoms with E-state index in [2.05, 4.69) is 0 Å². The quantitative estimate of drug-likeness (QED) is 0.335. The fraction of sp³-hybridized carbons (Fsp3) is 0.483. The summed E-state index contributed by atoms with van der Waals surface area (Å²) in [5, 5.41) is 0.238. The Morgan fingerprint density at radius 1 is 1.05 bits per heavy atom. The van der Waals surface area contributed by atoms with Crippen LogP contribution in [0.25, 0.3) is 0 Å². The number of rotatable bonds is 8. The molecule has 0 spiro atoms. The number of halogens is 1. The molecule has 8 nitrogen and oxygen atoms in total. The van der Waals surface area contributed by atoms with Gasteiger partial charge in [-0.1, -0.05) is 38.4 Å². The van der Waals surface area contributed by atoms with Crippen LogP contribution in [0.5, 0.6) is 5.75 Å². The Balaban J connectivity index is 1.83. The fourth-order valence-corrected chi connectivity index (χ4v) is 5.62. The molecule has 2 aromatic carbocycles. The number of hydrogen-bond donors (Lipinski definition) is 0. The molecule has 2 aromatic rings. The average Bonchev–Trinajstić information content (AvgIpc) is 3.25. The van der Waals surface area contributed by atoms with Crippen molar-refractivity contribution in [2.75, 3.05) is 13.2 Å². The summed E-state index contributed by atoms with van der Waals surface area (Å²) >= 11 is 6.50. The SMILES string of the molecule is CCOc1ccc(C(=O)c2cc([C@]34OC[C@](C(C)C)(O3)[C@@H](C)[C@H](OC(C)=O)[C@H]4OC(C)=O)ccc2Cl)cc1. The van der Waals surface area contributed by atoms with E-state index in [1.807, 2.05) is 27.7 Å². The zero-order valence-corrected chi connectivity index (χ0v) is 23.2. The van der Waals surface area contributed by atoms with Gasteiger partial charge >= 0.3 is 11.9 Å². The van der Waals surface area contributed by atoms with E-state index in [0.717, 1.165) is 0 Å². The number of fused-ring (bicyclic) bond motifs is 2. The third-order valence-electron chi connectivity index (χ3n) is 7.40. The van der Waals surface area contributed by atoms with Gasteiger partial charge in [-0.25, -0.2) is 0 Å². The van der Waals surface area contributed by atoms with E-state index in [0.29, 0.717) is 23.5 Å². The van der Waals surface area contributed by atoms with E-state index in [4.69, 9.17) is 35.3 Å². The zero-order chi connectivity index (χ0) is 27.8. The largest absolute Gasteiger partial charge is 0.494 e. The minimum Gasteiger partial charge on any atom is -0.494 e. The van der Waals surface area contributed by atoms with Gasteiger partial charge in [0.05, 0.1) is 18.2 Å². The molecule has 38 heavy (non-hydrogen) atoms. The molecule has 0 saturated carbocycles. The van der Waals surface area contributed by atoms with Crippen molar-refractivity contribution in [3.05, 3.63) is 64.2 Å². The molecule has 4 rings (SSSR count). The topological polar surface area (TPSA) is 97.4 Å². The first-order valence-corrected chi connectivity index (χ1v) is 13.1. The van der Waals surface area contributed by atoms with Gasteiger partial charge in [-0.15, -0.1) is 0 Å². The Morgan fingerprint density at radius 2 is 1.71 bits per heavy atom. The van der Waals surface area contributed by atoms with Gasteiger partial charge in [0.1, 0.15) is 17.5 Å². The van der Waals surface area contributed by atoms with E-state index in [-0.39, 0.29) is 34.8 Å². The van der Waals surface area contributed by atoms with E-state index < -0.39 is 35.5 Å². The summed E-state index contributed by atoms with van der Waals surface area (Å²) in [6, 6.07) is 11.6. The van der Waals surface area contributed by atoms with Crippen molar-refractivity contribution in [3.8, 4) is 5.75 Å². The number of carbonyl (C=O) groups is 3. The zero-order valence-electron chi connectivity index (χ0n) is 22.4. The molecular weight excluding hydrogens is 512 g/mol. The van der Waals surface area contributed by atoms with Crippen molar-refractivity contribution >= 4 is 29.3 Å². The second-order valence-electron chi connectivity index (χ2n) is 10.0. The first kappa shape index (κ1) is 28.1. The number of ether oxygens (including phenoxy) is 5. The van der Waals surface area contributed by atoms with Crippen LogP contribution in [0.15, 0.2) is 42.5 Å². The number of carbonyl (C=O) groups excluding carboxylic acids is 3. The highest BCUT2D eigenvalue weighted by molar-refractivity contribution is 6.35. The molecule has 0 aliphatic carbocycles. The van der Waals surface area contributed by atoms with Gasteiger partial charge in [-0.2, -0.15) is 0 Å². The summed E-state index contributed by atoms with van der Waals surface area (Å²) in [6.45, 7) is 11.0. The van der Waals surface area contributed by atoms with Crippen LogP contribution in [0.1, 0.15) is 63.0 Å². The number of benzene rings is 2. The molecule has 0 radical (unpaired) electrons. The van der Waals surface area contributed by atoms with Crippen LogP contribution in [-0.2, 0) is 34.3 Å². The molecule has 0 unspecified atom stereocenters. The second kappa shape index (κ2) is 10.7. The molecule has 0 N–H and O–H groups in total. The molecule has 204 valence electrons. The van der Waals surface area contributed by atoms with Crippen molar-refractivity contribution in [3.63, 3.8) is 0 Å². The standard InChI is InChI=1S/C29H33ClO8/c1-7-34-22-11-8-20(9-12-22)25(33)23-14-21(10-13-24(23)30)29-27(37-19(6)32)26(36-18(5)31)17(4)28(38-29,15-35-29)16(2)3/h8-14,16-17,26-27H,7,15H2,1-6H3/t17-,26-,27+,28+,29-/m0/s1. The van der Waals surface area contributed by atoms with Gasteiger partial charge in [0.2, 0.25) is 5.79 Å². The minimum absolute atomic E-state index is 0.0343. The van der Waals surface area contributed by atoms with Crippen molar-refractivity contribution in [1.29, 1.82) is 0 Å². The van der Waals surface area contributed by atoms with E-state index in [9.17, 15) is 14.4 Å². The van der Waals surface area contributed by atoms with Crippen LogP contribution in [-0.4, -0.2) is 48.7 Å². The molecule has 2 bridgehead atoms. The molecule has 0 aromatic heterocycles. The maximum Gasteiger partial charge on any atom is 0.303 e. The summed E-state index contributed by atoms with van der Waals surface area (Å²) < 4.78 is 30.0. The van der Waals surface area contributed by atoms with Gasteiger partial charge in [-0.3, -0.25) is 14.4 Å². The van der Waals surface area contributed by atoms with E-state index in [1.54, 1.807) is 42.5 Å². The normalized spacial score (nSPS) is 28.2. The van der Waals surface area contributed by atoms with Gasteiger partial charge in [0.25, 0.3) is 0 Å². The Kier molecular flexibility index (Phi) is 7.89. The molecule has 2 aliphatic heterocycles. The van der Waals surface area contributed by atoms with Crippen LogP contribution in [0.4, 0.5) is 0 Å². The lowest BCUT2D eigenvalue weighted by molar-refractivity contribution is -0.324. The summed E-state index contributed by atoms with van der Waals surface area (Å²) in [5.41, 5.74) is 0.229. The maximum absolute atomic E-state index is 13.5. The Bertz CT molecular complexity index is 1230.